The van der Waals surface area contributed by atoms with E-state index in [0.717, 1.165) is 5.76 Å². The second-order valence-corrected chi connectivity index (χ2v) is 3.84. The Labute approximate surface area is 104 Å². The third kappa shape index (κ3) is 2.27. The van der Waals surface area contributed by atoms with Gasteiger partial charge >= 0.3 is 5.97 Å². The number of carboxylic acid groups (broad SMARTS) is 1. The minimum atomic E-state index is -1.07. The van der Waals surface area contributed by atoms with Gasteiger partial charge in [-0.3, -0.25) is 0 Å². The Morgan fingerprint density at radius 1 is 1.56 bits per heavy atom. The fourth-order valence-corrected chi connectivity index (χ4v) is 1.66. The molecule has 0 aliphatic carbocycles. The Balaban J connectivity index is 2.27. The molecule has 0 radical (unpaired) electrons. The van der Waals surface area contributed by atoms with E-state index in [0.29, 0.717) is 12.4 Å². The molecule has 18 heavy (non-hydrogen) atoms. The third-order valence-electron chi connectivity index (χ3n) is 2.53. The van der Waals surface area contributed by atoms with Crippen molar-refractivity contribution in [2.24, 2.45) is 0 Å². The molecule has 0 aromatic carbocycles. The minimum Gasteiger partial charge on any atom is -0.478 e. The molecule has 2 aromatic heterocycles. The van der Waals surface area contributed by atoms with E-state index in [1.165, 1.54) is 12.3 Å². The van der Waals surface area contributed by atoms with Crippen molar-refractivity contribution < 1.29 is 14.3 Å². The highest BCUT2D eigenvalue weighted by Gasteiger charge is 2.15. The summed E-state index contributed by atoms with van der Waals surface area (Å²) in [7, 11) is 1.77. The number of nitrogens with two attached hydrogens (primary N) is 1. The number of hydrogen-bond donors (Lipinski definition) is 2. The van der Waals surface area contributed by atoms with Gasteiger partial charge in [-0.1, -0.05) is 0 Å². The first-order chi connectivity index (χ1) is 8.59. The molecule has 0 saturated heterocycles. The second kappa shape index (κ2) is 4.79. The van der Waals surface area contributed by atoms with Crippen LogP contribution in [-0.2, 0) is 6.54 Å². The summed E-state index contributed by atoms with van der Waals surface area (Å²) in [4.78, 5) is 16.8. The van der Waals surface area contributed by atoms with E-state index in [9.17, 15) is 4.79 Å². The largest absolute Gasteiger partial charge is 0.478 e. The zero-order valence-corrected chi connectivity index (χ0v) is 9.83. The summed E-state index contributed by atoms with van der Waals surface area (Å²) >= 11 is 0. The molecular weight excluding hydrogens is 234 g/mol. The molecule has 2 rings (SSSR count). The molecule has 3 N–H and O–H groups in total. The number of rotatable bonds is 4. The number of carbonyl (C=O) groups is 1. The second-order valence-electron chi connectivity index (χ2n) is 3.84. The molecule has 0 aliphatic heterocycles. The van der Waals surface area contributed by atoms with Gasteiger partial charge in [0.05, 0.1) is 24.1 Å². The van der Waals surface area contributed by atoms with E-state index in [-0.39, 0.29) is 11.3 Å². The minimum absolute atomic E-state index is 0.0475. The molecule has 6 nitrogen and oxygen atoms in total. The lowest BCUT2D eigenvalue weighted by Crippen LogP contribution is -2.20. The van der Waals surface area contributed by atoms with Gasteiger partial charge in [-0.25, -0.2) is 9.78 Å². The van der Waals surface area contributed by atoms with Crippen molar-refractivity contribution in [3.05, 3.63) is 42.0 Å². The van der Waals surface area contributed by atoms with Gasteiger partial charge in [-0.05, 0) is 18.2 Å². The number of nitrogen functional groups attached to an aromatic ring is 1. The number of pyridine rings is 1. The number of aromatic carboxylic acids is 1. The van der Waals surface area contributed by atoms with E-state index >= 15 is 0 Å². The number of anilines is 2. The topological polar surface area (TPSA) is 92.6 Å². The average molecular weight is 247 g/mol. The summed E-state index contributed by atoms with van der Waals surface area (Å²) in [5.41, 5.74) is 6.00. The van der Waals surface area contributed by atoms with Crippen LogP contribution in [0.4, 0.5) is 11.5 Å². The number of aromatic nitrogens is 1. The summed E-state index contributed by atoms with van der Waals surface area (Å²) in [6.45, 7) is 0.466. The van der Waals surface area contributed by atoms with Gasteiger partial charge in [-0.15, -0.1) is 0 Å². The van der Waals surface area contributed by atoms with E-state index in [1.807, 2.05) is 6.07 Å². The maximum atomic E-state index is 11.0. The van der Waals surface area contributed by atoms with Gasteiger partial charge in [0, 0.05) is 13.2 Å². The van der Waals surface area contributed by atoms with Crippen LogP contribution in [0.15, 0.2) is 35.1 Å². The van der Waals surface area contributed by atoms with Gasteiger partial charge in [0.2, 0.25) is 0 Å². The maximum absolute atomic E-state index is 11.0. The average Bonchev–Trinajstić information content (AvgIpc) is 2.81. The molecule has 0 bridgehead atoms. The molecule has 94 valence electrons. The van der Waals surface area contributed by atoms with Gasteiger partial charge in [0.25, 0.3) is 0 Å². The molecule has 0 spiro atoms. The number of carboxylic acids is 1. The predicted octanol–water partition coefficient (Wildman–Crippen LogP) is 1.59. The van der Waals surface area contributed by atoms with E-state index < -0.39 is 5.97 Å². The Kier molecular flexibility index (Phi) is 3.18. The summed E-state index contributed by atoms with van der Waals surface area (Å²) in [6.07, 6.45) is 3.00. The quantitative estimate of drug-likeness (QED) is 0.852. The van der Waals surface area contributed by atoms with Crippen molar-refractivity contribution in [1.82, 2.24) is 4.98 Å². The molecule has 2 heterocycles. The predicted molar refractivity (Wildman–Crippen MR) is 66.4 cm³/mol. The Hall–Kier alpha value is -2.50. The fraction of sp³-hybridized carbons (Fsp3) is 0.167. The molecule has 0 unspecified atom stereocenters. The lowest BCUT2D eigenvalue weighted by atomic mass is 10.2. The van der Waals surface area contributed by atoms with Crippen molar-refractivity contribution in [3.8, 4) is 0 Å². The summed E-state index contributed by atoms with van der Waals surface area (Å²) in [6, 6.07) is 4.99. The van der Waals surface area contributed by atoms with Crippen LogP contribution in [0.1, 0.15) is 16.1 Å². The Morgan fingerprint density at radius 2 is 2.33 bits per heavy atom. The molecular formula is C12H13N3O3. The lowest BCUT2D eigenvalue weighted by molar-refractivity contribution is 0.0698. The van der Waals surface area contributed by atoms with Crippen LogP contribution >= 0.6 is 0 Å². The fourth-order valence-electron chi connectivity index (χ4n) is 1.66. The molecule has 0 aliphatic rings. The highest BCUT2D eigenvalue weighted by atomic mass is 16.4. The van der Waals surface area contributed by atoms with Crippen LogP contribution in [0.2, 0.25) is 0 Å². The van der Waals surface area contributed by atoms with E-state index in [2.05, 4.69) is 4.98 Å². The van der Waals surface area contributed by atoms with E-state index in [1.54, 1.807) is 24.3 Å². The lowest BCUT2D eigenvalue weighted by Gasteiger charge is -2.19. The number of nitrogens with zero attached hydrogens (tertiary/aromatic N) is 2. The summed E-state index contributed by atoms with van der Waals surface area (Å²) in [5.74, 6) is 0.105. The maximum Gasteiger partial charge on any atom is 0.337 e. The monoisotopic (exact) mass is 247 g/mol. The van der Waals surface area contributed by atoms with Gasteiger partial charge in [-0.2, -0.15) is 0 Å². The standard InChI is InChI=1S/C12H13N3O3/c1-15(7-8-3-2-6-18-8)11-10(13)9(12(16)17)4-5-14-11/h2-6H,7,13H2,1H3,(H,16,17). The molecule has 2 aromatic rings. The first kappa shape index (κ1) is 12.0. The van der Waals surface area contributed by atoms with Gasteiger partial charge in [0.15, 0.2) is 5.82 Å². The first-order valence-corrected chi connectivity index (χ1v) is 5.31. The Morgan fingerprint density at radius 3 is 2.94 bits per heavy atom. The van der Waals surface area contributed by atoms with Gasteiger partial charge in [0.1, 0.15) is 5.76 Å². The van der Waals surface area contributed by atoms with Crippen molar-refractivity contribution >= 4 is 17.5 Å². The highest BCUT2D eigenvalue weighted by Crippen LogP contribution is 2.24. The van der Waals surface area contributed by atoms with Crippen LogP contribution in [-0.4, -0.2) is 23.1 Å². The van der Waals surface area contributed by atoms with Crippen molar-refractivity contribution in [3.63, 3.8) is 0 Å². The molecule has 0 fully saturated rings. The zero-order valence-electron chi connectivity index (χ0n) is 9.83. The summed E-state index contributed by atoms with van der Waals surface area (Å²) in [5, 5.41) is 8.98. The number of furan rings is 1. The van der Waals surface area contributed by atoms with Crippen molar-refractivity contribution in [2.45, 2.75) is 6.54 Å². The number of hydrogen-bond acceptors (Lipinski definition) is 5. The molecule has 6 heteroatoms. The SMILES string of the molecule is CN(Cc1ccco1)c1nccc(C(=O)O)c1N. The third-order valence-corrected chi connectivity index (χ3v) is 2.53. The van der Waals surface area contributed by atoms with Crippen LogP contribution in [0.25, 0.3) is 0 Å². The van der Waals surface area contributed by atoms with Crippen molar-refractivity contribution in [2.75, 3.05) is 17.7 Å². The molecule has 0 amide bonds. The smallest absolute Gasteiger partial charge is 0.337 e. The molecule has 0 atom stereocenters. The van der Waals surface area contributed by atoms with Crippen molar-refractivity contribution in [1.29, 1.82) is 0 Å². The highest BCUT2D eigenvalue weighted by molar-refractivity contribution is 5.96. The van der Waals surface area contributed by atoms with Gasteiger partial charge < -0.3 is 20.2 Å². The Bertz CT molecular complexity index is 552. The van der Waals surface area contributed by atoms with Crippen LogP contribution in [0.3, 0.4) is 0 Å². The van der Waals surface area contributed by atoms with Crippen LogP contribution in [0, 0.1) is 0 Å². The van der Waals surface area contributed by atoms with Crippen LogP contribution < -0.4 is 10.6 Å². The first-order valence-electron chi connectivity index (χ1n) is 5.31. The summed E-state index contributed by atoms with van der Waals surface area (Å²) < 4.78 is 5.22. The van der Waals surface area contributed by atoms with Crippen LogP contribution in [0.5, 0.6) is 0 Å². The zero-order chi connectivity index (χ0) is 13.1. The molecule has 0 saturated carbocycles. The van der Waals surface area contributed by atoms with E-state index in [4.69, 9.17) is 15.3 Å². The normalized spacial score (nSPS) is 10.3.